The van der Waals surface area contributed by atoms with Crippen LogP contribution in [0.3, 0.4) is 0 Å². The van der Waals surface area contributed by atoms with E-state index < -0.39 is 0 Å². The van der Waals surface area contributed by atoms with E-state index >= 15 is 0 Å². The average Bonchev–Trinajstić information content (AvgIpc) is 1.99. The van der Waals surface area contributed by atoms with Crippen molar-refractivity contribution in [1.82, 2.24) is 0 Å². The van der Waals surface area contributed by atoms with Crippen molar-refractivity contribution >= 4 is 0 Å². The van der Waals surface area contributed by atoms with Gasteiger partial charge in [-0.1, -0.05) is 34.6 Å². The zero-order chi connectivity index (χ0) is 9.41. The van der Waals surface area contributed by atoms with Crippen LogP contribution in [-0.4, -0.2) is 0 Å². The van der Waals surface area contributed by atoms with Gasteiger partial charge in [-0.25, -0.2) is 0 Å². The summed E-state index contributed by atoms with van der Waals surface area (Å²) in [7, 11) is 0. The molecule has 0 aromatic rings. The van der Waals surface area contributed by atoms with Crippen LogP contribution in [0.25, 0.3) is 0 Å². The van der Waals surface area contributed by atoms with Gasteiger partial charge in [-0.2, -0.15) is 0 Å². The smallest absolute Gasteiger partial charge is 0.0290 e. The maximum atomic E-state index is 2.47. The zero-order valence-electron chi connectivity index (χ0n) is 9.41. The van der Waals surface area contributed by atoms with Crippen LogP contribution in [0, 0.1) is 16.7 Å². The molecule has 0 N–H and O–H groups in total. The second kappa shape index (κ2) is 3.05. The lowest BCUT2D eigenvalue weighted by molar-refractivity contribution is -0.107. The first-order valence-electron chi connectivity index (χ1n) is 5.54. The Morgan fingerprint density at radius 1 is 1.08 bits per heavy atom. The van der Waals surface area contributed by atoms with Crippen molar-refractivity contribution in [3.63, 3.8) is 0 Å². The maximum Gasteiger partial charge on any atom is -0.0290 e. The van der Waals surface area contributed by atoms with Crippen LogP contribution in [0.4, 0.5) is 0 Å². The monoisotopic (exact) mass is 168 g/mol. The average molecular weight is 168 g/mol. The van der Waals surface area contributed by atoms with E-state index in [1.54, 1.807) is 0 Å². The maximum absolute atomic E-state index is 2.47. The van der Waals surface area contributed by atoms with E-state index in [0.29, 0.717) is 0 Å². The summed E-state index contributed by atoms with van der Waals surface area (Å²) in [4.78, 5) is 0. The minimum absolute atomic E-state index is 0.743. The van der Waals surface area contributed by atoms with E-state index in [1.165, 1.54) is 25.7 Å². The Hall–Kier alpha value is 0. The van der Waals surface area contributed by atoms with Crippen LogP contribution < -0.4 is 0 Å². The van der Waals surface area contributed by atoms with Crippen molar-refractivity contribution < 1.29 is 0 Å². The fourth-order valence-electron chi connectivity index (χ4n) is 3.34. The normalized spacial score (nSPS) is 50.2. The number of hydrogen-bond donors (Lipinski definition) is 0. The number of fused-ring (bicyclic) bond motifs is 2. The van der Waals surface area contributed by atoms with E-state index in [4.69, 9.17) is 0 Å². The topological polar surface area (TPSA) is 0 Å². The Labute approximate surface area is 77.7 Å². The highest BCUT2D eigenvalue weighted by Gasteiger charge is 2.54. The van der Waals surface area contributed by atoms with Crippen LogP contribution in [-0.2, 0) is 0 Å². The fraction of sp³-hybridized carbons (Fsp3) is 1.00. The Bertz CT molecular complexity index is 151. The van der Waals surface area contributed by atoms with E-state index in [2.05, 4.69) is 20.8 Å². The van der Waals surface area contributed by atoms with Crippen molar-refractivity contribution in [2.24, 2.45) is 16.7 Å². The summed E-state index contributed by atoms with van der Waals surface area (Å²) >= 11 is 0. The molecule has 3 rings (SSSR count). The molecule has 3 fully saturated rings. The van der Waals surface area contributed by atoms with Gasteiger partial charge in [-0.3, -0.25) is 0 Å². The molecule has 3 aliphatic rings. The molecule has 72 valence electrons. The second-order valence-corrected chi connectivity index (χ2v) is 5.26. The molecule has 0 nitrogen and oxygen atoms in total. The van der Waals surface area contributed by atoms with Crippen LogP contribution in [0.1, 0.15) is 60.3 Å². The number of hydrogen-bond acceptors (Lipinski definition) is 0. The molecule has 0 aromatic carbocycles. The van der Waals surface area contributed by atoms with Crippen molar-refractivity contribution in [2.75, 3.05) is 0 Å². The van der Waals surface area contributed by atoms with Crippen molar-refractivity contribution in [2.45, 2.75) is 60.3 Å². The summed E-state index contributed by atoms with van der Waals surface area (Å²) in [5.74, 6) is 0.995. The minimum Gasteiger partial charge on any atom is -0.0683 e. The summed E-state index contributed by atoms with van der Waals surface area (Å²) in [6, 6.07) is 0. The molecule has 0 amide bonds. The quantitative estimate of drug-likeness (QED) is 0.507. The molecule has 3 saturated carbocycles. The van der Waals surface area contributed by atoms with Gasteiger partial charge in [0.2, 0.25) is 0 Å². The summed E-state index contributed by atoms with van der Waals surface area (Å²) < 4.78 is 0. The molecule has 1 atom stereocenters. The van der Waals surface area contributed by atoms with Gasteiger partial charge < -0.3 is 0 Å². The van der Waals surface area contributed by atoms with Gasteiger partial charge in [-0.15, -0.1) is 0 Å². The molecule has 2 bridgehead atoms. The van der Waals surface area contributed by atoms with Gasteiger partial charge in [0.1, 0.15) is 0 Å². The molecule has 12 heavy (non-hydrogen) atoms. The van der Waals surface area contributed by atoms with Crippen LogP contribution >= 0.6 is 0 Å². The van der Waals surface area contributed by atoms with Crippen LogP contribution in [0.5, 0.6) is 0 Å². The lowest BCUT2D eigenvalue weighted by atomic mass is 9.44. The lowest BCUT2D eigenvalue weighted by Crippen LogP contribution is -2.51. The van der Waals surface area contributed by atoms with Gasteiger partial charge in [0.15, 0.2) is 0 Å². The van der Waals surface area contributed by atoms with E-state index in [1.807, 2.05) is 13.8 Å². The molecule has 0 spiro atoms. The Morgan fingerprint density at radius 2 is 1.58 bits per heavy atom. The highest BCUT2D eigenvalue weighted by Crippen LogP contribution is 2.65. The van der Waals surface area contributed by atoms with Crippen LogP contribution in [0.2, 0.25) is 0 Å². The molecule has 0 aliphatic heterocycles. The summed E-state index contributed by atoms with van der Waals surface area (Å²) in [6.45, 7) is 11.4. The Morgan fingerprint density at radius 3 is 1.92 bits per heavy atom. The van der Waals surface area contributed by atoms with E-state index in [0.717, 1.165) is 16.7 Å². The highest BCUT2D eigenvalue weighted by atomic mass is 14.6. The first-order chi connectivity index (χ1) is 5.54. The predicted octanol–water partition coefficient (Wildman–Crippen LogP) is 4.25. The highest BCUT2D eigenvalue weighted by molar-refractivity contribution is 5.05. The number of rotatable bonds is 0. The predicted molar refractivity (Wildman–Crippen MR) is 55.2 cm³/mol. The molecular formula is C12H24. The third-order valence-electron chi connectivity index (χ3n) is 4.03. The molecule has 3 aliphatic carbocycles. The van der Waals surface area contributed by atoms with Crippen molar-refractivity contribution in [1.29, 1.82) is 0 Å². The lowest BCUT2D eigenvalue weighted by Gasteiger charge is -2.61. The van der Waals surface area contributed by atoms with Gasteiger partial charge in [-0.05, 0) is 42.4 Å². The van der Waals surface area contributed by atoms with Gasteiger partial charge >= 0.3 is 0 Å². The third kappa shape index (κ3) is 1.41. The molecule has 0 heterocycles. The van der Waals surface area contributed by atoms with E-state index in [9.17, 15) is 0 Å². The largest absolute Gasteiger partial charge is 0.0683 e. The van der Waals surface area contributed by atoms with Gasteiger partial charge in [0.05, 0.1) is 0 Å². The fourth-order valence-corrected chi connectivity index (χ4v) is 3.34. The van der Waals surface area contributed by atoms with Crippen LogP contribution in [0.15, 0.2) is 0 Å². The molecule has 0 radical (unpaired) electrons. The Kier molecular flexibility index (Phi) is 2.56. The van der Waals surface area contributed by atoms with Gasteiger partial charge in [0.25, 0.3) is 0 Å². The molecule has 1 unspecified atom stereocenters. The summed E-state index contributed by atoms with van der Waals surface area (Å²) in [5.41, 5.74) is 1.51. The molecule has 0 heteroatoms. The van der Waals surface area contributed by atoms with Gasteiger partial charge in [0, 0.05) is 0 Å². The Balaban J connectivity index is 0.000000336. The minimum atomic E-state index is 0.743. The van der Waals surface area contributed by atoms with Crippen molar-refractivity contribution in [3.05, 3.63) is 0 Å². The first-order valence-corrected chi connectivity index (χ1v) is 5.54. The second-order valence-electron chi connectivity index (χ2n) is 5.26. The van der Waals surface area contributed by atoms with E-state index in [-0.39, 0.29) is 0 Å². The van der Waals surface area contributed by atoms with Crippen molar-refractivity contribution in [3.8, 4) is 0 Å². The summed E-state index contributed by atoms with van der Waals surface area (Å²) in [6.07, 6.45) is 5.97. The zero-order valence-corrected chi connectivity index (χ0v) is 9.41. The summed E-state index contributed by atoms with van der Waals surface area (Å²) in [5, 5.41) is 0. The SMILES string of the molecule is CC.CC1CCC2(C)CC1(C)C2. The first kappa shape index (κ1) is 10.1. The molecule has 0 saturated heterocycles. The molecular weight excluding hydrogens is 144 g/mol. The molecule has 0 aromatic heterocycles. The third-order valence-corrected chi connectivity index (χ3v) is 4.03. The standard InChI is InChI=1S/C10H18.C2H6/c1-8-4-5-9(2)6-10(8,3)7-9;1-2/h8H,4-7H2,1-3H3;1-2H3.